The smallest absolute Gasteiger partial charge is 0.251 e. The van der Waals surface area contributed by atoms with E-state index >= 15 is 0 Å². The summed E-state index contributed by atoms with van der Waals surface area (Å²) in [7, 11) is 0. The van der Waals surface area contributed by atoms with Crippen LogP contribution in [0.3, 0.4) is 0 Å². The van der Waals surface area contributed by atoms with Gasteiger partial charge in [-0.15, -0.1) is 0 Å². The van der Waals surface area contributed by atoms with Gasteiger partial charge in [-0.05, 0) is 42.2 Å². The fraction of sp³-hybridized carbons (Fsp3) is 0.364. The Labute approximate surface area is 156 Å². The van der Waals surface area contributed by atoms with Crippen LogP contribution in [0.15, 0.2) is 48.5 Å². The van der Waals surface area contributed by atoms with Gasteiger partial charge in [-0.1, -0.05) is 50.6 Å². The highest BCUT2D eigenvalue weighted by molar-refractivity contribution is 5.94. The van der Waals surface area contributed by atoms with Crippen LogP contribution in [-0.2, 0) is 10.2 Å². The van der Waals surface area contributed by atoms with E-state index in [0.717, 1.165) is 11.3 Å². The molecular formula is C22H28N2O2. The molecule has 2 amide bonds. The SMILES string of the molecule is CC(=O)N(CCNC(=O)c1ccc(C(C)(C)C)cc1)c1ccc(C)cc1. The Balaban J connectivity index is 1.95. The average molecular weight is 352 g/mol. The summed E-state index contributed by atoms with van der Waals surface area (Å²) in [6, 6.07) is 15.5. The van der Waals surface area contributed by atoms with Crippen LogP contribution in [0.25, 0.3) is 0 Å². The molecule has 2 aromatic carbocycles. The van der Waals surface area contributed by atoms with Crippen LogP contribution in [0, 0.1) is 6.92 Å². The van der Waals surface area contributed by atoms with Gasteiger partial charge in [0.15, 0.2) is 0 Å². The molecule has 0 bridgehead atoms. The standard InChI is InChI=1S/C22H28N2O2/c1-16-6-12-20(13-7-16)24(17(2)25)15-14-23-21(26)18-8-10-19(11-9-18)22(3,4)5/h6-13H,14-15H2,1-5H3,(H,23,26). The maximum absolute atomic E-state index is 12.3. The van der Waals surface area contributed by atoms with Gasteiger partial charge >= 0.3 is 0 Å². The Morgan fingerprint density at radius 1 is 0.962 bits per heavy atom. The van der Waals surface area contributed by atoms with Gasteiger partial charge in [-0.3, -0.25) is 9.59 Å². The molecule has 1 N–H and O–H groups in total. The minimum atomic E-state index is -0.127. The van der Waals surface area contributed by atoms with Crippen molar-refractivity contribution in [2.24, 2.45) is 0 Å². The molecule has 2 aromatic rings. The number of amides is 2. The van der Waals surface area contributed by atoms with Crippen LogP contribution in [-0.4, -0.2) is 24.9 Å². The second-order valence-electron chi connectivity index (χ2n) is 7.59. The fourth-order valence-corrected chi connectivity index (χ4v) is 2.70. The number of anilines is 1. The van der Waals surface area contributed by atoms with E-state index < -0.39 is 0 Å². The maximum Gasteiger partial charge on any atom is 0.251 e. The molecule has 2 rings (SSSR count). The van der Waals surface area contributed by atoms with Gasteiger partial charge < -0.3 is 10.2 Å². The first-order chi connectivity index (χ1) is 12.2. The third-order valence-corrected chi connectivity index (χ3v) is 4.36. The van der Waals surface area contributed by atoms with Crippen molar-refractivity contribution in [2.45, 2.75) is 40.0 Å². The lowest BCUT2D eigenvalue weighted by Crippen LogP contribution is -2.37. The fourth-order valence-electron chi connectivity index (χ4n) is 2.70. The summed E-state index contributed by atoms with van der Waals surface area (Å²) >= 11 is 0. The van der Waals surface area contributed by atoms with E-state index in [0.29, 0.717) is 18.7 Å². The highest BCUT2D eigenvalue weighted by Crippen LogP contribution is 2.22. The van der Waals surface area contributed by atoms with E-state index in [4.69, 9.17) is 0 Å². The molecule has 0 heterocycles. The number of benzene rings is 2. The first-order valence-electron chi connectivity index (χ1n) is 8.92. The first kappa shape index (κ1) is 19.7. The molecule has 4 heteroatoms. The monoisotopic (exact) mass is 352 g/mol. The van der Waals surface area contributed by atoms with Gasteiger partial charge in [-0.2, -0.15) is 0 Å². The van der Waals surface area contributed by atoms with Crippen molar-refractivity contribution >= 4 is 17.5 Å². The third-order valence-electron chi connectivity index (χ3n) is 4.36. The van der Waals surface area contributed by atoms with E-state index in [1.165, 1.54) is 12.5 Å². The molecule has 0 saturated carbocycles. The molecule has 138 valence electrons. The highest BCUT2D eigenvalue weighted by atomic mass is 16.2. The van der Waals surface area contributed by atoms with Crippen LogP contribution in [0.4, 0.5) is 5.69 Å². The highest BCUT2D eigenvalue weighted by Gasteiger charge is 2.15. The van der Waals surface area contributed by atoms with Gasteiger partial charge in [0.25, 0.3) is 5.91 Å². The van der Waals surface area contributed by atoms with Crippen LogP contribution >= 0.6 is 0 Å². The molecule has 4 nitrogen and oxygen atoms in total. The number of hydrogen-bond donors (Lipinski definition) is 1. The average Bonchev–Trinajstić information content (AvgIpc) is 2.58. The van der Waals surface area contributed by atoms with Gasteiger partial charge in [0.05, 0.1) is 0 Å². The van der Waals surface area contributed by atoms with Crippen molar-refractivity contribution in [3.8, 4) is 0 Å². The van der Waals surface area contributed by atoms with Crippen LogP contribution < -0.4 is 10.2 Å². The summed E-state index contributed by atoms with van der Waals surface area (Å²) in [5, 5.41) is 2.89. The van der Waals surface area contributed by atoms with Crippen molar-refractivity contribution in [1.82, 2.24) is 5.32 Å². The van der Waals surface area contributed by atoms with E-state index in [-0.39, 0.29) is 17.2 Å². The van der Waals surface area contributed by atoms with E-state index in [9.17, 15) is 9.59 Å². The Kier molecular flexibility index (Phi) is 6.19. The summed E-state index contributed by atoms with van der Waals surface area (Å²) in [4.78, 5) is 25.9. The van der Waals surface area contributed by atoms with Gasteiger partial charge in [0.1, 0.15) is 0 Å². The van der Waals surface area contributed by atoms with Crippen molar-refractivity contribution in [3.05, 3.63) is 65.2 Å². The number of carbonyl (C=O) groups excluding carboxylic acids is 2. The largest absolute Gasteiger partial charge is 0.350 e. The Morgan fingerprint density at radius 2 is 1.54 bits per heavy atom. The second-order valence-corrected chi connectivity index (χ2v) is 7.59. The van der Waals surface area contributed by atoms with Crippen LogP contribution in [0.5, 0.6) is 0 Å². The molecule has 0 atom stereocenters. The first-order valence-corrected chi connectivity index (χ1v) is 8.92. The Hall–Kier alpha value is -2.62. The molecule has 26 heavy (non-hydrogen) atoms. The number of nitrogens with zero attached hydrogens (tertiary/aromatic N) is 1. The number of rotatable bonds is 5. The topological polar surface area (TPSA) is 49.4 Å². The van der Waals surface area contributed by atoms with E-state index in [1.54, 1.807) is 4.90 Å². The molecule has 0 spiro atoms. The van der Waals surface area contributed by atoms with Crippen molar-refractivity contribution in [1.29, 1.82) is 0 Å². The molecule has 0 aromatic heterocycles. The number of carbonyl (C=O) groups is 2. The molecule has 0 fully saturated rings. The van der Waals surface area contributed by atoms with Gasteiger partial charge in [-0.25, -0.2) is 0 Å². The van der Waals surface area contributed by atoms with E-state index in [1.807, 2.05) is 55.5 Å². The predicted octanol–water partition coefficient (Wildman–Crippen LogP) is 4.08. The molecular weight excluding hydrogens is 324 g/mol. The zero-order chi connectivity index (χ0) is 19.3. The predicted molar refractivity (Wildman–Crippen MR) is 107 cm³/mol. The zero-order valence-corrected chi connectivity index (χ0v) is 16.3. The van der Waals surface area contributed by atoms with Gasteiger partial charge in [0, 0.05) is 31.3 Å². The zero-order valence-electron chi connectivity index (χ0n) is 16.3. The molecule has 0 aliphatic heterocycles. The van der Waals surface area contributed by atoms with Gasteiger partial charge in [0.2, 0.25) is 5.91 Å². The van der Waals surface area contributed by atoms with Crippen LogP contribution in [0.1, 0.15) is 49.2 Å². The summed E-state index contributed by atoms with van der Waals surface area (Å²) in [6.07, 6.45) is 0. The van der Waals surface area contributed by atoms with Crippen molar-refractivity contribution in [3.63, 3.8) is 0 Å². The Bertz CT molecular complexity index is 756. The number of hydrogen-bond acceptors (Lipinski definition) is 2. The van der Waals surface area contributed by atoms with Crippen molar-refractivity contribution < 1.29 is 9.59 Å². The lowest BCUT2D eigenvalue weighted by atomic mass is 9.87. The quantitative estimate of drug-likeness (QED) is 0.882. The lowest BCUT2D eigenvalue weighted by Gasteiger charge is -2.22. The summed E-state index contributed by atoms with van der Waals surface area (Å²) in [5.41, 5.74) is 3.86. The summed E-state index contributed by atoms with van der Waals surface area (Å²) < 4.78 is 0. The number of nitrogens with one attached hydrogen (secondary N) is 1. The third kappa shape index (κ3) is 5.19. The molecule has 0 aliphatic carbocycles. The minimum absolute atomic E-state index is 0.0439. The molecule has 0 radical (unpaired) electrons. The molecule has 0 aliphatic rings. The van der Waals surface area contributed by atoms with Crippen molar-refractivity contribution in [2.75, 3.05) is 18.0 Å². The number of aryl methyl sites for hydroxylation is 1. The maximum atomic E-state index is 12.3. The second kappa shape index (κ2) is 8.17. The molecule has 0 unspecified atom stereocenters. The molecule has 0 saturated heterocycles. The lowest BCUT2D eigenvalue weighted by molar-refractivity contribution is -0.116. The minimum Gasteiger partial charge on any atom is -0.350 e. The normalized spacial score (nSPS) is 11.1. The van der Waals surface area contributed by atoms with E-state index in [2.05, 4.69) is 26.1 Å². The summed E-state index contributed by atoms with van der Waals surface area (Å²) in [5.74, 6) is -0.171. The van der Waals surface area contributed by atoms with Crippen LogP contribution in [0.2, 0.25) is 0 Å². The summed E-state index contributed by atoms with van der Waals surface area (Å²) in [6.45, 7) is 10.8. The Morgan fingerprint density at radius 3 is 2.04 bits per heavy atom.